The van der Waals surface area contributed by atoms with Crippen molar-refractivity contribution in [3.8, 4) is 78.4 Å². The van der Waals surface area contributed by atoms with E-state index in [9.17, 15) is 0 Å². The van der Waals surface area contributed by atoms with Gasteiger partial charge in [-0.1, -0.05) is 207 Å². The van der Waals surface area contributed by atoms with E-state index < -0.39 is 0 Å². The minimum Gasteiger partial charge on any atom is -0.248 e. The highest BCUT2D eigenvalue weighted by Gasteiger charge is 2.20. The molecule has 0 bridgehead atoms. The summed E-state index contributed by atoms with van der Waals surface area (Å²) in [6.45, 7) is 6.06. The van der Waals surface area contributed by atoms with Crippen molar-refractivity contribution in [2.45, 2.75) is 6.92 Å². The first-order chi connectivity index (χ1) is 31.1. The van der Waals surface area contributed by atoms with Gasteiger partial charge in [-0.2, -0.15) is 0 Å². The summed E-state index contributed by atoms with van der Waals surface area (Å²) < 4.78 is 0. The van der Waals surface area contributed by atoms with E-state index in [0.717, 1.165) is 78.4 Å². The second-order valence-electron chi connectivity index (χ2n) is 15.7. The molecule has 0 atom stereocenters. The summed E-state index contributed by atoms with van der Waals surface area (Å²) in [5, 5.41) is 4.83. The minimum atomic E-state index is 0.903. The molecular formula is C61H44N2. The Morgan fingerprint density at radius 2 is 0.746 bits per heavy atom. The van der Waals surface area contributed by atoms with Crippen LogP contribution in [0.3, 0.4) is 0 Å². The van der Waals surface area contributed by atoms with E-state index in [1.54, 1.807) is 0 Å². The number of benzene rings is 8. The zero-order valence-electron chi connectivity index (χ0n) is 35.1. The number of aromatic nitrogens is 2. The Balaban J connectivity index is 1.19. The maximum Gasteiger partial charge on any atom is 0.0715 e. The minimum absolute atomic E-state index is 0.903. The fourth-order valence-electron chi connectivity index (χ4n) is 8.80. The van der Waals surface area contributed by atoms with Crippen molar-refractivity contribution >= 4 is 27.1 Å². The van der Waals surface area contributed by atoms with E-state index in [1.165, 1.54) is 32.7 Å². The van der Waals surface area contributed by atoms with Crippen molar-refractivity contribution in [1.29, 1.82) is 0 Å². The van der Waals surface area contributed by atoms with Crippen molar-refractivity contribution in [2.24, 2.45) is 0 Å². The quantitative estimate of drug-likeness (QED) is 0.102. The Kier molecular flexibility index (Phi) is 10.8. The van der Waals surface area contributed by atoms with Gasteiger partial charge in [0.05, 0.1) is 22.8 Å². The van der Waals surface area contributed by atoms with E-state index in [4.69, 9.17) is 9.97 Å². The molecule has 0 aliphatic heterocycles. The third-order valence-corrected chi connectivity index (χ3v) is 11.7. The molecule has 2 aromatic heterocycles. The van der Waals surface area contributed by atoms with Gasteiger partial charge in [-0.15, -0.1) is 0 Å². The molecule has 0 N–H and O–H groups in total. The van der Waals surface area contributed by atoms with Crippen LogP contribution in [0.1, 0.15) is 12.5 Å². The van der Waals surface area contributed by atoms with Gasteiger partial charge in [-0.05, 0) is 109 Å². The molecule has 2 heteroatoms. The summed E-state index contributed by atoms with van der Waals surface area (Å²) in [6, 6.07) is 75.7. The van der Waals surface area contributed by atoms with E-state index in [0.29, 0.717) is 0 Å². The maximum absolute atomic E-state index is 5.32. The second kappa shape index (κ2) is 17.4. The molecule has 0 spiro atoms. The average molecular weight is 805 g/mol. The molecule has 0 saturated carbocycles. The SMILES string of the molecule is C=C/C=C(\C=C/C)c1cc(-c2ccccc2)nc(-c2cccc(-c3c(-c4cccc(-c5cc(-c6ccccc6)cc(-c6ccccc6)n5)c4)c4ccccc4c4ccccc34)c2)c1. The Morgan fingerprint density at radius 3 is 1.22 bits per heavy atom. The van der Waals surface area contributed by atoms with E-state index >= 15 is 0 Å². The van der Waals surface area contributed by atoms with Crippen molar-refractivity contribution in [1.82, 2.24) is 9.97 Å². The van der Waals surface area contributed by atoms with E-state index in [1.807, 2.05) is 25.1 Å². The van der Waals surface area contributed by atoms with E-state index in [2.05, 4.69) is 225 Å². The van der Waals surface area contributed by atoms with Crippen molar-refractivity contribution in [2.75, 3.05) is 0 Å². The number of allylic oxidation sites excluding steroid dienone is 5. The van der Waals surface area contributed by atoms with Crippen LogP contribution in [-0.4, -0.2) is 9.97 Å². The summed E-state index contributed by atoms with van der Waals surface area (Å²) in [4.78, 5) is 10.6. The lowest BCUT2D eigenvalue weighted by molar-refractivity contribution is 1.31. The van der Waals surface area contributed by atoms with Gasteiger partial charge in [0, 0.05) is 22.3 Å². The van der Waals surface area contributed by atoms with Gasteiger partial charge < -0.3 is 0 Å². The highest BCUT2D eigenvalue weighted by molar-refractivity contribution is 6.21. The van der Waals surface area contributed by atoms with Crippen LogP contribution in [0.15, 0.2) is 243 Å². The summed E-state index contributed by atoms with van der Waals surface area (Å²) in [5.41, 5.74) is 17.0. The predicted octanol–water partition coefficient (Wildman–Crippen LogP) is 16.6. The summed E-state index contributed by atoms with van der Waals surface area (Å²) in [7, 11) is 0. The van der Waals surface area contributed by atoms with Gasteiger partial charge >= 0.3 is 0 Å². The monoisotopic (exact) mass is 804 g/mol. The molecule has 0 radical (unpaired) electrons. The fraction of sp³-hybridized carbons (Fsp3) is 0.0164. The molecule has 10 rings (SSSR count). The number of rotatable bonds is 10. The molecule has 0 saturated heterocycles. The van der Waals surface area contributed by atoms with Crippen LogP contribution in [0.2, 0.25) is 0 Å². The number of hydrogen-bond donors (Lipinski definition) is 0. The van der Waals surface area contributed by atoms with Crippen LogP contribution in [-0.2, 0) is 0 Å². The largest absolute Gasteiger partial charge is 0.248 e. The zero-order chi connectivity index (χ0) is 42.5. The number of nitrogens with zero attached hydrogens (tertiary/aromatic N) is 2. The third kappa shape index (κ3) is 7.83. The van der Waals surface area contributed by atoms with Gasteiger partial charge in [-0.3, -0.25) is 0 Å². The van der Waals surface area contributed by atoms with Crippen molar-refractivity contribution < 1.29 is 0 Å². The standard InChI is InChI=1S/C61H44N2/c1-3-20-42(21-4-2)50-38-56(44-24-10-6-11-25-44)62-58(40-50)46-28-18-30-48(36-46)60-54-34-16-14-32-52(54)53-33-15-17-35-55(53)61(60)49-31-19-29-47(37-49)59-41-51(43-22-8-5-9-23-43)39-57(63-59)45-26-12-7-13-27-45/h3-41H,1H2,2H3/b21-4-,42-20+. The van der Waals surface area contributed by atoms with Crippen LogP contribution in [0.4, 0.5) is 0 Å². The highest BCUT2D eigenvalue weighted by Crippen LogP contribution is 2.46. The van der Waals surface area contributed by atoms with Crippen molar-refractivity contribution in [3.05, 3.63) is 249 Å². The summed E-state index contributed by atoms with van der Waals surface area (Å²) in [6.07, 6.45) is 8.10. The molecule has 2 heterocycles. The third-order valence-electron chi connectivity index (χ3n) is 11.7. The van der Waals surface area contributed by atoms with E-state index in [-0.39, 0.29) is 0 Å². The molecule has 8 aromatic carbocycles. The smallest absolute Gasteiger partial charge is 0.0715 e. The lowest BCUT2D eigenvalue weighted by Gasteiger charge is -2.20. The van der Waals surface area contributed by atoms with Crippen LogP contribution in [0.5, 0.6) is 0 Å². The number of pyridine rings is 2. The van der Waals surface area contributed by atoms with Gasteiger partial charge in [-0.25, -0.2) is 9.97 Å². The first-order valence-corrected chi connectivity index (χ1v) is 21.5. The van der Waals surface area contributed by atoms with Crippen LogP contribution >= 0.6 is 0 Å². The van der Waals surface area contributed by atoms with Gasteiger partial charge in [0.1, 0.15) is 0 Å². The molecule has 0 unspecified atom stereocenters. The lowest BCUT2D eigenvalue weighted by Crippen LogP contribution is -1.95. The van der Waals surface area contributed by atoms with Gasteiger partial charge in [0.15, 0.2) is 0 Å². The highest BCUT2D eigenvalue weighted by atomic mass is 14.7. The van der Waals surface area contributed by atoms with Gasteiger partial charge in [0.25, 0.3) is 0 Å². The number of fused-ring (bicyclic) bond motifs is 3. The normalized spacial score (nSPS) is 11.7. The molecule has 0 aliphatic rings. The topological polar surface area (TPSA) is 25.8 Å². The van der Waals surface area contributed by atoms with Crippen molar-refractivity contribution in [3.63, 3.8) is 0 Å². The molecule has 63 heavy (non-hydrogen) atoms. The molecular weight excluding hydrogens is 761 g/mol. The Hall–Kier alpha value is -8.20. The predicted molar refractivity (Wildman–Crippen MR) is 268 cm³/mol. The van der Waals surface area contributed by atoms with Crippen LogP contribution < -0.4 is 0 Å². The van der Waals surface area contributed by atoms with Gasteiger partial charge in [0.2, 0.25) is 0 Å². The zero-order valence-corrected chi connectivity index (χ0v) is 35.1. The molecule has 298 valence electrons. The lowest BCUT2D eigenvalue weighted by atomic mass is 9.84. The van der Waals surface area contributed by atoms with Crippen LogP contribution in [0.25, 0.3) is 106 Å². The second-order valence-corrected chi connectivity index (χ2v) is 15.7. The number of hydrogen-bond acceptors (Lipinski definition) is 2. The first kappa shape index (κ1) is 39.0. The molecule has 10 aromatic rings. The maximum atomic E-state index is 5.32. The summed E-state index contributed by atoms with van der Waals surface area (Å²) in [5.74, 6) is 0. The Labute approximate surface area is 369 Å². The summed E-state index contributed by atoms with van der Waals surface area (Å²) >= 11 is 0. The average Bonchev–Trinajstić information content (AvgIpc) is 3.36. The van der Waals surface area contributed by atoms with Crippen LogP contribution in [0, 0.1) is 0 Å². The molecule has 0 amide bonds. The Bertz CT molecular complexity index is 3280. The molecule has 0 fully saturated rings. The fourth-order valence-corrected chi connectivity index (χ4v) is 8.80. The first-order valence-electron chi connectivity index (χ1n) is 21.5. The molecule has 2 nitrogen and oxygen atoms in total. The molecule has 0 aliphatic carbocycles. The Morgan fingerprint density at radius 1 is 0.365 bits per heavy atom.